The monoisotopic (exact) mass is 368 g/mol. The van der Waals surface area contributed by atoms with E-state index in [1.54, 1.807) is 0 Å². The summed E-state index contributed by atoms with van der Waals surface area (Å²) in [6, 6.07) is 1.83. The minimum atomic E-state index is -3.61. The molecule has 3 aromatic rings. The van der Waals surface area contributed by atoms with E-state index in [0.717, 1.165) is 10.1 Å². The van der Waals surface area contributed by atoms with Crippen molar-refractivity contribution in [3.05, 3.63) is 29.4 Å². The number of aliphatic hydroxyl groups excluding tert-OH is 2. The Morgan fingerprint density at radius 2 is 2.20 bits per heavy atom. The highest BCUT2D eigenvalue weighted by molar-refractivity contribution is 7.08. The minimum absolute atomic E-state index is 0.158. The summed E-state index contributed by atoms with van der Waals surface area (Å²) in [5, 5.41) is 23.1. The summed E-state index contributed by atoms with van der Waals surface area (Å²) in [4.78, 5) is 8.02. The lowest BCUT2D eigenvalue weighted by atomic mass is 10.1. The smallest absolute Gasteiger partial charge is 0.320 e. The van der Waals surface area contributed by atoms with Crippen LogP contribution in [-0.2, 0) is 4.74 Å². The molecule has 132 valence electrons. The Morgan fingerprint density at radius 3 is 2.84 bits per heavy atom. The van der Waals surface area contributed by atoms with Gasteiger partial charge in [-0.2, -0.15) is 20.1 Å². The molecule has 0 spiro atoms. The Balaban J connectivity index is 1.93. The van der Waals surface area contributed by atoms with Gasteiger partial charge in [-0.3, -0.25) is 4.57 Å². The van der Waals surface area contributed by atoms with Gasteiger partial charge in [-0.05, 0) is 22.4 Å². The summed E-state index contributed by atoms with van der Waals surface area (Å²) in [5.41, 5.74) is 7.50. The van der Waals surface area contributed by atoms with Gasteiger partial charge in [0.15, 0.2) is 6.10 Å². The van der Waals surface area contributed by atoms with Crippen molar-refractivity contribution in [2.45, 2.75) is 24.4 Å². The summed E-state index contributed by atoms with van der Waals surface area (Å²) in [7, 11) is 0. The third-order valence-corrected chi connectivity index (χ3v) is 4.97. The maximum absolute atomic E-state index is 14.5. The van der Waals surface area contributed by atoms with E-state index >= 15 is 0 Å². The molecule has 4 N–H and O–H groups in total. The lowest BCUT2D eigenvalue weighted by molar-refractivity contribution is -0.137. The first kappa shape index (κ1) is 16.3. The highest BCUT2D eigenvalue weighted by Crippen LogP contribution is 2.45. The van der Waals surface area contributed by atoms with Gasteiger partial charge < -0.3 is 20.7 Å². The quantitative estimate of drug-likeness (QED) is 0.649. The predicted molar refractivity (Wildman–Crippen MR) is 87.2 cm³/mol. The van der Waals surface area contributed by atoms with Gasteiger partial charge in [0, 0.05) is 11.8 Å². The molecule has 1 aliphatic heterocycles. The molecule has 0 amide bonds. The molecule has 4 rings (SSSR count). The lowest BCUT2D eigenvalue weighted by Gasteiger charge is -2.21. The molecule has 3 atom stereocenters. The Morgan fingerprint density at radius 1 is 1.40 bits per heavy atom. The van der Waals surface area contributed by atoms with Crippen LogP contribution in [0.4, 0.5) is 14.6 Å². The average molecular weight is 368 g/mol. The van der Waals surface area contributed by atoms with Crippen molar-refractivity contribution < 1.29 is 23.7 Å². The van der Waals surface area contributed by atoms with E-state index in [1.165, 1.54) is 23.9 Å². The Kier molecular flexibility index (Phi) is 3.72. The van der Waals surface area contributed by atoms with E-state index in [9.17, 15) is 19.0 Å². The van der Waals surface area contributed by atoms with Crippen molar-refractivity contribution in [3.8, 4) is 11.1 Å². The molecule has 1 saturated heterocycles. The summed E-state index contributed by atoms with van der Waals surface area (Å²) in [6.07, 6.45) is -2.68. The van der Waals surface area contributed by atoms with Crippen molar-refractivity contribution in [2.24, 2.45) is 0 Å². The number of halogens is 2. The molecule has 0 bridgehead atoms. The van der Waals surface area contributed by atoms with E-state index in [-0.39, 0.29) is 11.5 Å². The van der Waals surface area contributed by atoms with E-state index in [2.05, 4.69) is 9.97 Å². The summed E-state index contributed by atoms with van der Waals surface area (Å²) in [5.74, 6) is -3.45. The number of nitrogens with two attached hydrogens (primary N) is 1. The summed E-state index contributed by atoms with van der Waals surface area (Å²) in [6.45, 7) is -0.721. The molecule has 10 heteroatoms. The van der Waals surface area contributed by atoms with Gasteiger partial charge in [-0.1, -0.05) is 0 Å². The summed E-state index contributed by atoms with van der Waals surface area (Å²) >= 11 is 1.45. The summed E-state index contributed by atoms with van der Waals surface area (Å²) < 4.78 is 35.4. The molecule has 4 heterocycles. The fourth-order valence-corrected chi connectivity index (χ4v) is 3.70. The fraction of sp³-hybridized carbons (Fsp3) is 0.333. The zero-order chi connectivity index (χ0) is 17.8. The minimum Gasteiger partial charge on any atom is -0.394 e. The van der Waals surface area contributed by atoms with Gasteiger partial charge in [0.2, 0.25) is 6.23 Å². The van der Waals surface area contributed by atoms with Crippen LogP contribution in [0.25, 0.3) is 22.2 Å². The van der Waals surface area contributed by atoms with Crippen LogP contribution in [0, 0.1) is 0 Å². The van der Waals surface area contributed by atoms with Crippen LogP contribution in [0.5, 0.6) is 0 Å². The van der Waals surface area contributed by atoms with E-state index < -0.39 is 31.0 Å². The van der Waals surface area contributed by atoms with Gasteiger partial charge in [-0.25, -0.2) is 9.97 Å². The number of rotatable bonds is 3. The molecule has 1 fully saturated rings. The number of fused-ring (bicyclic) bond motifs is 1. The van der Waals surface area contributed by atoms with Crippen LogP contribution in [0.3, 0.4) is 0 Å². The molecule has 25 heavy (non-hydrogen) atoms. The first-order valence-electron chi connectivity index (χ1n) is 7.41. The van der Waals surface area contributed by atoms with Crippen LogP contribution in [0.15, 0.2) is 29.4 Å². The van der Waals surface area contributed by atoms with Gasteiger partial charge in [0.1, 0.15) is 23.9 Å². The predicted octanol–water partition coefficient (Wildman–Crippen LogP) is 1.63. The third-order valence-electron chi connectivity index (χ3n) is 4.28. The van der Waals surface area contributed by atoms with Crippen LogP contribution in [0.2, 0.25) is 0 Å². The number of nitrogen functional groups attached to an aromatic ring is 1. The van der Waals surface area contributed by atoms with Crippen molar-refractivity contribution in [1.29, 1.82) is 0 Å². The second-order valence-corrected chi connectivity index (χ2v) is 6.53. The van der Waals surface area contributed by atoms with Crippen molar-refractivity contribution in [1.82, 2.24) is 14.5 Å². The number of thiophene rings is 1. The number of hydrogen-bond donors (Lipinski definition) is 3. The largest absolute Gasteiger partial charge is 0.394 e. The van der Waals surface area contributed by atoms with Crippen LogP contribution in [0.1, 0.15) is 6.23 Å². The number of hydrogen-bond acceptors (Lipinski definition) is 7. The number of aromatic nitrogens is 3. The normalized spacial score (nSPS) is 25.7. The first-order valence-corrected chi connectivity index (χ1v) is 8.35. The molecule has 3 aromatic heterocycles. The van der Waals surface area contributed by atoms with Crippen molar-refractivity contribution in [3.63, 3.8) is 0 Å². The molecule has 1 aliphatic rings. The molecule has 0 aliphatic carbocycles. The number of aliphatic hydroxyl groups is 2. The maximum atomic E-state index is 14.5. The van der Waals surface area contributed by atoms with E-state index in [4.69, 9.17) is 10.5 Å². The molecular weight excluding hydrogens is 354 g/mol. The molecular formula is C15H14F2N4O3S. The Hall–Kier alpha value is -2.14. The van der Waals surface area contributed by atoms with E-state index in [0.29, 0.717) is 10.9 Å². The molecule has 0 radical (unpaired) electrons. The molecule has 0 unspecified atom stereocenters. The van der Waals surface area contributed by atoms with Crippen molar-refractivity contribution >= 4 is 28.2 Å². The van der Waals surface area contributed by atoms with Gasteiger partial charge in [0.25, 0.3) is 0 Å². The highest BCUT2D eigenvalue weighted by Gasteiger charge is 2.59. The zero-order valence-electron chi connectivity index (χ0n) is 12.7. The molecule has 0 aromatic carbocycles. The van der Waals surface area contributed by atoms with Gasteiger partial charge in [-0.15, -0.1) is 0 Å². The highest BCUT2D eigenvalue weighted by atomic mass is 32.1. The standard InChI is InChI=1S/C15H14F2N4O3S/c16-15(17)11(23)9(4-22)24-14(15)21-3-8(7-1-2-25-5-7)10-12(18)19-6-20-13(10)21/h1-3,5-6,9,11,14,22-23H,4H2,(H2,18,19,20)/t9-,11-,14+/m1/s1. The Bertz CT molecular complexity index is 915. The maximum Gasteiger partial charge on any atom is 0.320 e. The van der Waals surface area contributed by atoms with E-state index in [1.807, 2.05) is 16.8 Å². The van der Waals surface area contributed by atoms with Gasteiger partial charge in [0.05, 0.1) is 12.0 Å². The first-order chi connectivity index (χ1) is 11.9. The SMILES string of the molecule is Nc1ncnc2c1c(-c1ccsc1)cn2[C@H]1O[C@H](CO)[C@@H](O)C1(F)F. The molecule has 0 saturated carbocycles. The van der Waals surface area contributed by atoms with Crippen LogP contribution in [-0.4, -0.2) is 49.5 Å². The third kappa shape index (κ3) is 2.33. The van der Waals surface area contributed by atoms with Crippen molar-refractivity contribution in [2.75, 3.05) is 12.3 Å². The molecule has 7 nitrogen and oxygen atoms in total. The number of nitrogens with zero attached hydrogens (tertiary/aromatic N) is 3. The second-order valence-electron chi connectivity index (χ2n) is 5.75. The zero-order valence-corrected chi connectivity index (χ0v) is 13.5. The average Bonchev–Trinajstić information content (AvgIpc) is 3.27. The fourth-order valence-electron chi connectivity index (χ4n) is 3.04. The second kappa shape index (κ2) is 5.70. The Labute approximate surface area is 144 Å². The van der Waals surface area contributed by atoms with Crippen LogP contribution < -0.4 is 5.73 Å². The van der Waals surface area contributed by atoms with Gasteiger partial charge >= 0.3 is 5.92 Å². The van der Waals surface area contributed by atoms with Crippen LogP contribution >= 0.6 is 11.3 Å². The number of alkyl halides is 2. The number of anilines is 1. The number of ether oxygens (including phenoxy) is 1. The lowest BCUT2D eigenvalue weighted by Crippen LogP contribution is -2.39. The topological polar surface area (TPSA) is 106 Å².